The Balaban J connectivity index is 2.14. The molecular formula is C14H12N4O2. The van der Waals surface area contributed by atoms with Gasteiger partial charge in [-0.1, -0.05) is 0 Å². The van der Waals surface area contributed by atoms with Gasteiger partial charge < -0.3 is 15.0 Å². The van der Waals surface area contributed by atoms with Gasteiger partial charge in [-0.15, -0.1) is 0 Å². The summed E-state index contributed by atoms with van der Waals surface area (Å²) >= 11 is 0. The minimum atomic E-state index is -0.931. The third kappa shape index (κ3) is 1.97. The Morgan fingerprint density at radius 3 is 2.90 bits per heavy atom. The minimum absolute atomic E-state index is 0.272. The van der Waals surface area contributed by atoms with Crippen LogP contribution >= 0.6 is 0 Å². The zero-order valence-electron chi connectivity index (χ0n) is 10.7. The van der Waals surface area contributed by atoms with Crippen LogP contribution in [0.15, 0.2) is 42.7 Å². The minimum Gasteiger partial charge on any atom is -0.478 e. The number of nitrogens with zero attached hydrogens (tertiary/aromatic N) is 3. The number of aromatic nitrogens is 3. The van der Waals surface area contributed by atoms with Crippen molar-refractivity contribution < 1.29 is 9.90 Å². The first kappa shape index (κ1) is 12.2. The maximum atomic E-state index is 11.0. The van der Waals surface area contributed by atoms with E-state index in [1.54, 1.807) is 37.5 Å². The van der Waals surface area contributed by atoms with E-state index in [1.807, 2.05) is 16.8 Å². The van der Waals surface area contributed by atoms with Gasteiger partial charge in [0.05, 0.1) is 11.1 Å². The SMILES string of the molecule is CNc1nccc(-n2ccc3cc(C(=O)O)ccc32)n1. The summed E-state index contributed by atoms with van der Waals surface area (Å²) in [5, 5.41) is 12.7. The van der Waals surface area contributed by atoms with Gasteiger partial charge in [-0.25, -0.2) is 9.78 Å². The Kier molecular flexibility index (Phi) is 2.83. The lowest BCUT2D eigenvalue weighted by Gasteiger charge is -2.06. The van der Waals surface area contributed by atoms with E-state index in [-0.39, 0.29) is 5.56 Å². The van der Waals surface area contributed by atoms with Gasteiger partial charge in [-0.05, 0) is 30.3 Å². The van der Waals surface area contributed by atoms with Crippen LogP contribution in [0.4, 0.5) is 5.95 Å². The first-order chi connectivity index (χ1) is 9.69. The number of hydrogen-bond donors (Lipinski definition) is 2. The zero-order chi connectivity index (χ0) is 14.1. The van der Waals surface area contributed by atoms with Crippen LogP contribution in [0, 0.1) is 0 Å². The Morgan fingerprint density at radius 2 is 2.15 bits per heavy atom. The standard InChI is InChI=1S/C14H12N4O2/c1-15-14-16-6-4-12(17-14)18-7-5-9-8-10(13(19)20)2-3-11(9)18/h2-8H,1H3,(H,19,20)(H,15,16,17). The molecule has 0 amide bonds. The molecule has 2 N–H and O–H groups in total. The smallest absolute Gasteiger partial charge is 0.335 e. The maximum Gasteiger partial charge on any atom is 0.335 e. The number of benzene rings is 1. The van der Waals surface area contributed by atoms with Gasteiger partial charge in [0.1, 0.15) is 5.82 Å². The van der Waals surface area contributed by atoms with Crippen LogP contribution in [0.2, 0.25) is 0 Å². The van der Waals surface area contributed by atoms with Crippen molar-refractivity contribution in [3.05, 3.63) is 48.3 Å². The third-order valence-electron chi connectivity index (χ3n) is 3.05. The number of carboxylic acid groups (broad SMARTS) is 1. The highest BCUT2D eigenvalue weighted by Gasteiger charge is 2.08. The van der Waals surface area contributed by atoms with Gasteiger partial charge in [0.2, 0.25) is 5.95 Å². The molecule has 0 spiro atoms. The molecule has 0 atom stereocenters. The largest absolute Gasteiger partial charge is 0.478 e. The Hall–Kier alpha value is -2.89. The molecule has 0 bridgehead atoms. The first-order valence-electron chi connectivity index (χ1n) is 6.04. The monoisotopic (exact) mass is 268 g/mol. The molecule has 3 rings (SSSR count). The highest BCUT2D eigenvalue weighted by atomic mass is 16.4. The summed E-state index contributed by atoms with van der Waals surface area (Å²) in [6.07, 6.45) is 3.53. The first-order valence-corrected chi connectivity index (χ1v) is 6.04. The summed E-state index contributed by atoms with van der Waals surface area (Å²) in [4.78, 5) is 19.4. The topological polar surface area (TPSA) is 80.0 Å². The van der Waals surface area contributed by atoms with E-state index in [2.05, 4.69) is 15.3 Å². The number of carboxylic acids is 1. The van der Waals surface area contributed by atoms with Crippen molar-refractivity contribution in [2.45, 2.75) is 0 Å². The number of carbonyl (C=O) groups is 1. The van der Waals surface area contributed by atoms with Crippen molar-refractivity contribution in [3.8, 4) is 5.82 Å². The van der Waals surface area contributed by atoms with Crippen molar-refractivity contribution in [1.82, 2.24) is 14.5 Å². The van der Waals surface area contributed by atoms with E-state index in [0.29, 0.717) is 5.95 Å². The summed E-state index contributed by atoms with van der Waals surface area (Å²) < 4.78 is 1.89. The highest BCUT2D eigenvalue weighted by Crippen LogP contribution is 2.21. The number of nitrogens with one attached hydrogen (secondary N) is 1. The molecule has 0 aliphatic carbocycles. The summed E-state index contributed by atoms with van der Waals surface area (Å²) in [6, 6.07) is 8.67. The predicted molar refractivity (Wildman–Crippen MR) is 75.4 cm³/mol. The second-order valence-corrected chi connectivity index (χ2v) is 4.25. The fraction of sp³-hybridized carbons (Fsp3) is 0.0714. The molecule has 0 radical (unpaired) electrons. The van der Waals surface area contributed by atoms with Crippen LogP contribution in [0.1, 0.15) is 10.4 Å². The molecule has 3 aromatic rings. The van der Waals surface area contributed by atoms with E-state index in [9.17, 15) is 4.79 Å². The van der Waals surface area contributed by atoms with Crippen molar-refractivity contribution in [1.29, 1.82) is 0 Å². The molecule has 100 valence electrons. The average Bonchev–Trinajstić information content (AvgIpc) is 2.90. The molecular weight excluding hydrogens is 256 g/mol. The Bertz CT molecular complexity index is 795. The normalized spacial score (nSPS) is 10.7. The number of aromatic carboxylic acids is 1. The van der Waals surface area contributed by atoms with Gasteiger partial charge in [0.25, 0.3) is 0 Å². The Labute approximate surface area is 114 Å². The van der Waals surface area contributed by atoms with Gasteiger partial charge >= 0.3 is 5.97 Å². The maximum absolute atomic E-state index is 11.0. The summed E-state index contributed by atoms with van der Waals surface area (Å²) in [5.74, 6) is 0.327. The van der Waals surface area contributed by atoms with Crippen LogP contribution in [-0.2, 0) is 0 Å². The molecule has 0 aliphatic rings. The van der Waals surface area contributed by atoms with Crippen molar-refractivity contribution in [2.75, 3.05) is 12.4 Å². The molecule has 2 aromatic heterocycles. The molecule has 20 heavy (non-hydrogen) atoms. The molecule has 6 nitrogen and oxygen atoms in total. The fourth-order valence-corrected chi connectivity index (χ4v) is 2.08. The van der Waals surface area contributed by atoms with Gasteiger partial charge in [0.15, 0.2) is 0 Å². The van der Waals surface area contributed by atoms with Crippen molar-refractivity contribution in [3.63, 3.8) is 0 Å². The summed E-state index contributed by atoms with van der Waals surface area (Å²) in [6.45, 7) is 0. The van der Waals surface area contributed by atoms with E-state index in [1.165, 1.54) is 0 Å². The van der Waals surface area contributed by atoms with Gasteiger partial charge in [0, 0.05) is 24.8 Å². The fourth-order valence-electron chi connectivity index (χ4n) is 2.08. The van der Waals surface area contributed by atoms with Crippen LogP contribution < -0.4 is 5.32 Å². The van der Waals surface area contributed by atoms with Gasteiger partial charge in [-0.3, -0.25) is 0 Å². The Morgan fingerprint density at radius 1 is 1.30 bits per heavy atom. The van der Waals surface area contributed by atoms with E-state index >= 15 is 0 Å². The average molecular weight is 268 g/mol. The molecule has 0 saturated carbocycles. The lowest BCUT2D eigenvalue weighted by Crippen LogP contribution is -2.01. The van der Waals surface area contributed by atoms with E-state index < -0.39 is 5.97 Å². The van der Waals surface area contributed by atoms with E-state index in [4.69, 9.17) is 5.11 Å². The molecule has 0 unspecified atom stereocenters. The molecule has 1 aromatic carbocycles. The van der Waals surface area contributed by atoms with Crippen LogP contribution in [-0.4, -0.2) is 32.7 Å². The predicted octanol–water partition coefficient (Wildman–Crippen LogP) is 2.16. The lowest BCUT2D eigenvalue weighted by atomic mass is 10.1. The van der Waals surface area contributed by atoms with Crippen molar-refractivity contribution in [2.24, 2.45) is 0 Å². The summed E-state index contributed by atoms with van der Waals surface area (Å²) in [5.41, 5.74) is 1.17. The number of fused-ring (bicyclic) bond motifs is 1. The highest BCUT2D eigenvalue weighted by molar-refractivity contribution is 5.94. The quantitative estimate of drug-likeness (QED) is 0.761. The molecule has 2 heterocycles. The third-order valence-corrected chi connectivity index (χ3v) is 3.05. The zero-order valence-corrected chi connectivity index (χ0v) is 10.7. The molecule has 0 fully saturated rings. The van der Waals surface area contributed by atoms with Gasteiger partial charge in [-0.2, -0.15) is 4.98 Å². The number of rotatable bonds is 3. The van der Waals surface area contributed by atoms with Crippen molar-refractivity contribution >= 4 is 22.8 Å². The second kappa shape index (κ2) is 4.65. The molecule has 0 saturated heterocycles. The second-order valence-electron chi connectivity index (χ2n) is 4.25. The number of hydrogen-bond acceptors (Lipinski definition) is 4. The molecule has 6 heteroatoms. The van der Waals surface area contributed by atoms with Crippen LogP contribution in [0.5, 0.6) is 0 Å². The van der Waals surface area contributed by atoms with E-state index in [0.717, 1.165) is 16.7 Å². The number of anilines is 1. The van der Waals surface area contributed by atoms with Crippen LogP contribution in [0.3, 0.4) is 0 Å². The summed E-state index contributed by atoms with van der Waals surface area (Å²) in [7, 11) is 1.76. The molecule has 0 aliphatic heterocycles. The van der Waals surface area contributed by atoms with Crippen LogP contribution in [0.25, 0.3) is 16.7 Å². The lowest BCUT2D eigenvalue weighted by molar-refractivity contribution is 0.0697.